The van der Waals surface area contributed by atoms with Crippen LogP contribution in [-0.4, -0.2) is 34.0 Å². The molecule has 1 atom stereocenters. The van der Waals surface area contributed by atoms with E-state index in [1.54, 1.807) is 29.2 Å². The van der Waals surface area contributed by atoms with Gasteiger partial charge in [0.2, 0.25) is 5.91 Å². The maximum Gasteiger partial charge on any atom is 0.227 e. The largest absolute Gasteiger partial charge is 0.386 e. The molecule has 1 aromatic heterocycles. The molecular formula is C19H19Cl2N3O2. The molecular weight excluding hydrogens is 373 g/mol. The van der Waals surface area contributed by atoms with Crippen molar-refractivity contribution in [1.29, 1.82) is 5.26 Å². The molecule has 1 amide bonds. The fourth-order valence-corrected chi connectivity index (χ4v) is 2.86. The second kappa shape index (κ2) is 9.54. The normalized spacial score (nSPS) is 11.7. The van der Waals surface area contributed by atoms with E-state index in [0.29, 0.717) is 27.7 Å². The molecule has 26 heavy (non-hydrogen) atoms. The molecule has 136 valence electrons. The highest BCUT2D eigenvalue weighted by Crippen LogP contribution is 2.23. The molecule has 0 aliphatic rings. The number of aliphatic hydroxyl groups excluding tert-OH is 1. The van der Waals surface area contributed by atoms with Crippen LogP contribution in [0.5, 0.6) is 0 Å². The lowest BCUT2D eigenvalue weighted by Gasteiger charge is -2.25. The monoisotopic (exact) mass is 391 g/mol. The number of rotatable bonds is 7. The van der Waals surface area contributed by atoms with Crippen LogP contribution in [0.1, 0.15) is 36.1 Å². The molecule has 1 aromatic carbocycles. The van der Waals surface area contributed by atoms with Crippen LogP contribution in [-0.2, 0) is 11.2 Å². The second-order valence-corrected chi connectivity index (χ2v) is 6.71. The van der Waals surface area contributed by atoms with Gasteiger partial charge in [-0.3, -0.25) is 9.78 Å². The molecule has 0 bridgehead atoms. The van der Waals surface area contributed by atoms with Gasteiger partial charge in [0.15, 0.2) is 0 Å². The average molecular weight is 392 g/mol. The third-order valence-electron chi connectivity index (χ3n) is 3.85. The number of nitrogens with zero attached hydrogens (tertiary/aromatic N) is 3. The maximum absolute atomic E-state index is 12.7. The third-order valence-corrected chi connectivity index (χ3v) is 4.59. The van der Waals surface area contributed by atoms with Gasteiger partial charge >= 0.3 is 0 Å². The van der Waals surface area contributed by atoms with Crippen LogP contribution in [0, 0.1) is 11.3 Å². The van der Waals surface area contributed by atoms with E-state index in [4.69, 9.17) is 28.5 Å². The van der Waals surface area contributed by atoms with Gasteiger partial charge in [0.25, 0.3) is 0 Å². The number of carbonyl (C=O) groups excluding carboxylic acids is 1. The maximum atomic E-state index is 12.7. The Morgan fingerprint density at radius 3 is 2.73 bits per heavy atom. The molecule has 0 spiro atoms. The van der Waals surface area contributed by atoms with Crippen molar-refractivity contribution < 1.29 is 9.90 Å². The summed E-state index contributed by atoms with van der Waals surface area (Å²) in [5.74, 6) is -0.117. The second-order valence-electron chi connectivity index (χ2n) is 5.90. The minimum Gasteiger partial charge on any atom is -0.386 e. The number of hydrogen-bond acceptors (Lipinski definition) is 4. The summed E-state index contributed by atoms with van der Waals surface area (Å²) in [4.78, 5) is 18.2. The molecule has 2 rings (SSSR count). The summed E-state index contributed by atoms with van der Waals surface area (Å²) in [6.45, 7) is 2.61. The van der Waals surface area contributed by atoms with E-state index in [2.05, 4.69) is 4.98 Å². The number of aromatic nitrogens is 1. The summed E-state index contributed by atoms with van der Waals surface area (Å²) >= 11 is 11.9. The minimum atomic E-state index is -0.917. The third kappa shape index (κ3) is 5.43. The van der Waals surface area contributed by atoms with Gasteiger partial charge in [-0.2, -0.15) is 5.26 Å². The van der Waals surface area contributed by atoms with E-state index in [-0.39, 0.29) is 18.9 Å². The van der Waals surface area contributed by atoms with Gasteiger partial charge < -0.3 is 10.0 Å². The van der Waals surface area contributed by atoms with E-state index >= 15 is 0 Å². The standard InChI is InChI=1S/C19H19Cl2N3O2/c1-2-5-24(12-18(25)15-6-14(9-22)10-23-11-15)19(26)8-13-3-4-16(20)17(21)7-13/h3-4,6-7,10-11,18,25H,2,5,8,12H2,1H3. The zero-order chi connectivity index (χ0) is 19.1. The van der Waals surface area contributed by atoms with Crippen molar-refractivity contribution in [3.8, 4) is 6.07 Å². The van der Waals surface area contributed by atoms with E-state index in [1.165, 1.54) is 12.4 Å². The lowest BCUT2D eigenvalue weighted by atomic mass is 10.1. The highest BCUT2D eigenvalue weighted by molar-refractivity contribution is 6.42. The molecule has 1 heterocycles. The first-order valence-electron chi connectivity index (χ1n) is 8.19. The van der Waals surface area contributed by atoms with Gasteiger partial charge in [-0.25, -0.2) is 0 Å². The molecule has 2 aromatic rings. The van der Waals surface area contributed by atoms with E-state index < -0.39 is 6.10 Å². The summed E-state index contributed by atoms with van der Waals surface area (Å²) in [6.07, 6.45) is 2.94. The van der Waals surface area contributed by atoms with Gasteiger partial charge in [0, 0.05) is 24.5 Å². The summed E-state index contributed by atoms with van der Waals surface area (Å²) in [7, 11) is 0. The minimum absolute atomic E-state index is 0.117. The first-order chi connectivity index (χ1) is 12.4. The zero-order valence-electron chi connectivity index (χ0n) is 14.3. The molecule has 5 nitrogen and oxygen atoms in total. The number of aliphatic hydroxyl groups is 1. The Kier molecular flexibility index (Phi) is 7.40. The van der Waals surface area contributed by atoms with Crippen LogP contribution < -0.4 is 0 Å². The smallest absolute Gasteiger partial charge is 0.227 e. The fourth-order valence-electron chi connectivity index (χ4n) is 2.54. The topological polar surface area (TPSA) is 77.2 Å². The first kappa shape index (κ1) is 20.2. The molecule has 0 radical (unpaired) electrons. The van der Waals surface area contributed by atoms with Crippen LogP contribution >= 0.6 is 23.2 Å². The van der Waals surface area contributed by atoms with Crippen LogP contribution in [0.15, 0.2) is 36.7 Å². The lowest BCUT2D eigenvalue weighted by Crippen LogP contribution is -2.36. The first-order valence-corrected chi connectivity index (χ1v) is 8.95. The summed E-state index contributed by atoms with van der Waals surface area (Å²) in [5, 5.41) is 20.2. The van der Waals surface area contributed by atoms with Gasteiger partial charge in [0.1, 0.15) is 6.07 Å². The Morgan fingerprint density at radius 1 is 1.31 bits per heavy atom. The van der Waals surface area contributed by atoms with E-state index in [1.807, 2.05) is 13.0 Å². The van der Waals surface area contributed by atoms with Crippen molar-refractivity contribution in [3.05, 3.63) is 63.4 Å². The lowest BCUT2D eigenvalue weighted by molar-refractivity contribution is -0.132. The number of pyridine rings is 1. The Balaban J connectivity index is 2.10. The Labute approximate surface area is 162 Å². The van der Waals surface area contributed by atoms with Crippen molar-refractivity contribution in [1.82, 2.24) is 9.88 Å². The molecule has 0 aliphatic carbocycles. The van der Waals surface area contributed by atoms with Crippen molar-refractivity contribution in [2.24, 2.45) is 0 Å². The summed E-state index contributed by atoms with van der Waals surface area (Å²) in [5.41, 5.74) is 1.63. The number of hydrogen-bond donors (Lipinski definition) is 1. The van der Waals surface area contributed by atoms with Crippen molar-refractivity contribution in [2.45, 2.75) is 25.9 Å². The predicted octanol–water partition coefficient (Wildman–Crippen LogP) is 3.77. The number of benzene rings is 1. The van der Waals surface area contributed by atoms with Crippen molar-refractivity contribution in [2.75, 3.05) is 13.1 Å². The molecule has 7 heteroatoms. The van der Waals surface area contributed by atoms with E-state index in [0.717, 1.165) is 12.0 Å². The van der Waals surface area contributed by atoms with Gasteiger partial charge in [-0.1, -0.05) is 36.2 Å². The van der Waals surface area contributed by atoms with Gasteiger partial charge in [0.05, 0.1) is 34.7 Å². The number of carbonyl (C=O) groups is 1. The number of halogens is 2. The van der Waals surface area contributed by atoms with Crippen LogP contribution in [0.2, 0.25) is 10.0 Å². The Hall–Kier alpha value is -2.13. The summed E-state index contributed by atoms with van der Waals surface area (Å²) in [6, 6.07) is 8.65. The highest BCUT2D eigenvalue weighted by Gasteiger charge is 2.19. The van der Waals surface area contributed by atoms with Crippen LogP contribution in [0.25, 0.3) is 0 Å². The van der Waals surface area contributed by atoms with Crippen LogP contribution in [0.4, 0.5) is 0 Å². The molecule has 0 saturated heterocycles. The van der Waals surface area contributed by atoms with E-state index in [9.17, 15) is 9.90 Å². The highest BCUT2D eigenvalue weighted by atomic mass is 35.5. The van der Waals surface area contributed by atoms with Crippen molar-refractivity contribution in [3.63, 3.8) is 0 Å². The zero-order valence-corrected chi connectivity index (χ0v) is 15.8. The SMILES string of the molecule is CCCN(CC(O)c1cncc(C#N)c1)C(=O)Cc1ccc(Cl)c(Cl)c1. The Bertz CT molecular complexity index is 821. The average Bonchev–Trinajstić information content (AvgIpc) is 2.64. The molecule has 1 N–H and O–H groups in total. The quantitative estimate of drug-likeness (QED) is 0.778. The fraction of sp³-hybridized carbons (Fsp3) is 0.316. The van der Waals surface area contributed by atoms with Crippen LogP contribution in [0.3, 0.4) is 0 Å². The molecule has 0 fully saturated rings. The van der Waals surface area contributed by atoms with Gasteiger partial charge in [-0.15, -0.1) is 0 Å². The Morgan fingerprint density at radius 2 is 2.08 bits per heavy atom. The van der Waals surface area contributed by atoms with Crippen molar-refractivity contribution >= 4 is 29.1 Å². The number of nitriles is 1. The molecule has 0 aliphatic heterocycles. The molecule has 1 unspecified atom stereocenters. The number of amides is 1. The van der Waals surface area contributed by atoms with Gasteiger partial charge in [-0.05, 0) is 30.2 Å². The predicted molar refractivity (Wildman–Crippen MR) is 101 cm³/mol. The summed E-state index contributed by atoms with van der Waals surface area (Å²) < 4.78 is 0. The molecule has 0 saturated carbocycles.